The van der Waals surface area contributed by atoms with Gasteiger partial charge in [0.15, 0.2) is 22.1 Å². The normalized spacial score (nSPS) is 12.6. The molecule has 0 saturated heterocycles. The van der Waals surface area contributed by atoms with E-state index in [4.69, 9.17) is 37.4 Å². The van der Waals surface area contributed by atoms with Gasteiger partial charge in [0.2, 0.25) is 0 Å². The van der Waals surface area contributed by atoms with Crippen LogP contribution in [0, 0.1) is 0 Å². The van der Waals surface area contributed by atoms with Crippen molar-refractivity contribution in [3.8, 4) is 17.2 Å². The molecule has 142 valence electrons. The van der Waals surface area contributed by atoms with E-state index in [0.717, 1.165) is 0 Å². The first-order valence-electron chi connectivity index (χ1n) is 8.20. The molecule has 2 aromatic carbocycles. The van der Waals surface area contributed by atoms with Crippen LogP contribution >= 0.6 is 23.2 Å². The van der Waals surface area contributed by atoms with Gasteiger partial charge in [-0.2, -0.15) is 0 Å². The molecule has 8 heteroatoms. The Morgan fingerprint density at radius 2 is 2.04 bits per heavy atom. The molecular weight excluding hydrogens is 393 g/mol. The summed E-state index contributed by atoms with van der Waals surface area (Å²) < 4.78 is 16.4. The number of anilines is 1. The maximum absolute atomic E-state index is 12.6. The number of amides is 1. The Bertz CT molecular complexity index is 884. The zero-order chi connectivity index (χ0) is 19.6. The van der Waals surface area contributed by atoms with Gasteiger partial charge in [0.25, 0.3) is 5.91 Å². The average molecular weight is 410 g/mol. The summed E-state index contributed by atoms with van der Waals surface area (Å²) in [6, 6.07) is 10.1. The van der Waals surface area contributed by atoms with Gasteiger partial charge in [-0.3, -0.25) is 4.79 Å². The van der Waals surface area contributed by atoms with Crippen LogP contribution in [-0.2, 0) is 16.1 Å². The second-order valence-corrected chi connectivity index (χ2v) is 6.77. The molecule has 0 radical (unpaired) electrons. The summed E-state index contributed by atoms with van der Waals surface area (Å²) in [6.45, 7) is 2.11. The molecule has 27 heavy (non-hydrogen) atoms. The fourth-order valence-electron chi connectivity index (χ4n) is 2.80. The van der Waals surface area contributed by atoms with Crippen molar-refractivity contribution in [3.05, 3.63) is 47.5 Å². The fraction of sp³-hybridized carbons (Fsp3) is 0.263. The molecule has 0 aromatic heterocycles. The maximum Gasteiger partial charge on any atom is 0.338 e. The Morgan fingerprint density at radius 3 is 2.70 bits per heavy atom. The standard InChI is InChI=1S/C19H17Cl2NO5/c1-3-26-19(24)11-7-8-14-13(9-11)22(18(23)17(20)21)10-12-5-4-6-15(25-2)16(12)27-14/h4-9,17H,3,10H2,1-2H3. The van der Waals surface area contributed by atoms with Crippen LogP contribution in [0.4, 0.5) is 5.69 Å². The van der Waals surface area contributed by atoms with Gasteiger partial charge in [0, 0.05) is 5.56 Å². The molecular formula is C19H17Cl2NO5. The second-order valence-electron chi connectivity index (χ2n) is 5.68. The smallest absolute Gasteiger partial charge is 0.338 e. The third kappa shape index (κ3) is 3.82. The summed E-state index contributed by atoms with van der Waals surface area (Å²) in [5.41, 5.74) is 1.37. The van der Waals surface area contributed by atoms with Gasteiger partial charge in [-0.05, 0) is 31.2 Å². The van der Waals surface area contributed by atoms with Crippen molar-refractivity contribution >= 4 is 40.8 Å². The van der Waals surface area contributed by atoms with E-state index in [1.807, 2.05) is 6.07 Å². The molecule has 0 unspecified atom stereocenters. The topological polar surface area (TPSA) is 65.1 Å². The molecule has 0 fully saturated rings. The number of carbonyl (C=O) groups excluding carboxylic acids is 2. The van der Waals surface area contributed by atoms with Crippen LogP contribution in [0.25, 0.3) is 0 Å². The highest BCUT2D eigenvalue weighted by Gasteiger charge is 2.30. The Morgan fingerprint density at radius 1 is 1.26 bits per heavy atom. The van der Waals surface area contributed by atoms with Gasteiger partial charge in [-0.25, -0.2) is 4.79 Å². The Hall–Kier alpha value is -2.44. The number of alkyl halides is 2. The van der Waals surface area contributed by atoms with Crippen LogP contribution in [0.3, 0.4) is 0 Å². The van der Waals surface area contributed by atoms with Gasteiger partial charge in [0.1, 0.15) is 0 Å². The number of benzene rings is 2. The molecule has 6 nitrogen and oxygen atoms in total. The summed E-state index contributed by atoms with van der Waals surface area (Å²) in [7, 11) is 1.53. The highest BCUT2D eigenvalue weighted by molar-refractivity contribution is 6.54. The van der Waals surface area contributed by atoms with Crippen molar-refractivity contribution in [1.29, 1.82) is 0 Å². The minimum absolute atomic E-state index is 0.153. The van der Waals surface area contributed by atoms with Crippen molar-refractivity contribution in [2.75, 3.05) is 18.6 Å². The first-order chi connectivity index (χ1) is 13.0. The number of carbonyl (C=O) groups is 2. The molecule has 1 heterocycles. The molecule has 1 aliphatic heterocycles. The zero-order valence-electron chi connectivity index (χ0n) is 14.7. The minimum atomic E-state index is -1.27. The molecule has 1 amide bonds. The van der Waals surface area contributed by atoms with Crippen molar-refractivity contribution < 1.29 is 23.8 Å². The van der Waals surface area contributed by atoms with E-state index in [0.29, 0.717) is 28.5 Å². The third-order valence-electron chi connectivity index (χ3n) is 4.03. The number of hydrogen-bond acceptors (Lipinski definition) is 5. The SMILES string of the molecule is CCOC(=O)c1ccc2c(c1)N(C(=O)C(Cl)Cl)Cc1cccc(OC)c1O2. The Kier molecular flexibility index (Phi) is 5.77. The first kappa shape index (κ1) is 19.3. The van der Waals surface area contributed by atoms with E-state index in [-0.39, 0.29) is 18.7 Å². The number of fused-ring (bicyclic) bond motifs is 2. The largest absolute Gasteiger partial charge is 0.493 e. The van der Waals surface area contributed by atoms with E-state index in [1.165, 1.54) is 18.1 Å². The molecule has 3 rings (SSSR count). The summed E-state index contributed by atoms with van der Waals surface area (Å²) >= 11 is 11.7. The second kappa shape index (κ2) is 8.06. The van der Waals surface area contributed by atoms with Crippen molar-refractivity contribution in [1.82, 2.24) is 0 Å². The van der Waals surface area contributed by atoms with Crippen molar-refractivity contribution in [2.45, 2.75) is 18.3 Å². The van der Waals surface area contributed by atoms with Gasteiger partial charge in [-0.15, -0.1) is 0 Å². The lowest BCUT2D eigenvalue weighted by Crippen LogP contribution is -2.34. The zero-order valence-corrected chi connectivity index (χ0v) is 16.2. The number of halogens is 2. The van der Waals surface area contributed by atoms with Crippen molar-refractivity contribution in [2.24, 2.45) is 0 Å². The summed E-state index contributed by atoms with van der Waals surface area (Å²) in [5.74, 6) is 0.352. The van der Waals surface area contributed by atoms with Crippen molar-refractivity contribution in [3.63, 3.8) is 0 Å². The van der Waals surface area contributed by atoms with Crippen LogP contribution in [0.15, 0.2) is 36.4 Å². The van der Waals surface area contributed by atoms with Crippen LogP contribution < -0.4 is 14.4 Å². The van der Waals surface area contributed by atoms with Gasteiger partial charge in [0.05, 0.1) is 31.5 Å². The molecule has 0 saturated carbocycles. The van der Waals surface area contributed by atoms with E-state index in [1.54, 1.807) is 31.2 Å². The summed E-state index contributed by atoms with van der Waals surface area (Å²) in [5, 5.41) is 0. The first-order valence-corrected chi connectivity index (χ1v) is 9.08. The fourth-order valence-corrected chi connectivity index (χ4v) is 3.03. The quantitative estimate of drug-likeness (QED) is 0.555. The average Bonchev–Trinajstić information content (AvgIpc) is 2.83. The molecule has 0 N–H and O–H groups in total. The van der Waals surface area contributed by atoms with Gasteiger partial charge < -0.3 is 19.1 Å². The van der Waals surface area contributed by atoms with E-state index < -0.39 is 16.7 Å². The van der Waals surface area contributed by atoms with Crippen LogP contribution in [-0.4, -0.2) is 30.4 Å². The number of methoxy groups -OCH3 is 1. The van der Waals surface area contributed by atoms with Gasteiger partial charge >= 0.3 is 5.97 Å². The predicted octanol–water partition coefficient (Wildman–Crippen LogP) is 4.31. The molecule has 1 aliphatic rings. The highest BCUT2D eigenvalue weighted by atomic mass is 35.5. The molecule has 2 aromatic rings. The summed E-state index contributed by atoms with van der Waals surface area (Å²) in [4.78, 5) is 24.9. The van der Waals surface area contributed by atoms with E-state index in [2.05, 4.69) is 0 Å². The molecule has 0 atom stereocenters. The third-order valence-corrected chi connectivity index (χ3v) is 4.41. The lowest BCUT2D eigenvalue weighted by molar-refractivity contribution is -0.117. The van der Waals surface area contributed by atoms with Crippen LogP contribution in [0.2, 0.25) is 0 Å². The number of nitrogens with zero attached hydrogens (tertiary/aromatic N) is 1. The Labute approximate surface area is 166 Å². The lowest BCUT2D eigenvalue weighted by Gasteiger charge is -2.23. The van der Waals surface area contributed by atoms with E-state index in [9.17, 15) is 9.59 Å². The van der Waals surface area contributed by atoms with E-state index >= 15 is 0 Å². The number of esters is 1. The van der Waals surface area contributed by atoms with Gasteiger partial charge in [-0.1, -0.05) is 35.3 Å². The number of rotatable bonds is 4. The molecule has 0 aliphatic carbocycles. The number of para-hydroxylation sites is 1. The highest BCUT2D eigenvalue weighted by Crippen LogP contribution is 2.44. The molecule has 0 bridgehead atoms. The number of hydrogen-bond donors (Lipinski definition) is 0. The Balaban J connectivity index is 2.15. The molecule has 0 spiro atoms. The number of ether oxygens (including phenoxy) is 3. The monoisotopic (exact) mass is 409 g/mol. The predicted molar refractivity (Wildman–Crippen MR) is 102 cm³/mol. The lowest BCUT2D eigenvalue weighted by atomic mass is 10.1. The van der Waals surface area contributed by atoms with Crippen LogP contribution in [0.5, 0.6) is 17.2 Å². The van der Waals surface area contributed by atoms with Crippen LogP contribution in [0.1, 0.15) is 22.8 Å². The maximum atomic E-state index is 12.6. The summed E-state index contributed by atoms with van der Waals surface area (Å²) in [6.07, 6.45) is 0. The minimum Gasteiger partial charge on any atom is -0.493 e.